The zero-order valence-corrected chi connectivity index (χ0v) is 18.3. The fourth-order valence-corrected chi connectivity index (χ4v) is 3.50. The number of methoxy groups -OCH3 is 3. The highest BCUT2D eigenvalue weighted by Crippen LogP contribution is 2.39. The zero-order chi connectivity index (χ0) is 22.7. The summed E-state index contributed by atoms with van der Waals surface area (Å²) in [5, 5.41) is 11.5. The molecule has 0 saturated heterocycles. The molecule has 1 unspecified atom stereocenters. The average Bonchev–Trinajstić information content (AvgIpc) is 3.45. The number of anilines is 1. The van der Waals surface area contributed by atoms with Crippen LogP contribution >= 0.6 is 0 Å². The van der Waals surface area contributed by atoms with Crippen LogP contribution in [0.3, 0.4) is 0 Å². The van der Waals surface area contributed by atoms with Gasteiger partial charge >= 0.3 is 0 Å². The minimum atomic E-state index is -0.775. The van der Waals surface area contributed by atoms with E-state index in [0.717, 1.165) is 16.9 Å². The number of aryl methyl sites for hydroxylation is 1. The third kappa shape index (κ3) is 4.09. The van der Waals surface area contributed by atoms with Gasteiger partial charge in [0.1, 0.15) is 5.82 Å². The second-order valence-electron chi connectivity index (χ2n) is 7.16. The van der Waals surface area contributed by atoms with E-state index in [1.54, 1.807) is 44.2 Å². The van der Waals surface area contributed by atoms with Gasteiger partial charge in [0, 0.05) is 18.1 Å². The number of oxime groups is 1. The molecule has 4 rings (SSSR count). The van der Waals surface area contributed by atoms with Gasteiger partial charge in [-0.25, -0.2) is 4.68 Å². The van der Waals surface area contributed by atoms with Crippen LogP contribution in [0.5, 0.6) is 17.2 Å². The molecule has 0 fully saturated rings. The molecule has 1 aromatic heterocycles. The number of carbonyl (C=O) groups excluding carboxylic acids is 1. The molecule has 2 heterocycles. The van der Waals surface area contributed by atoms with Crippen molar-refractivity contribution in [2.75, 3.05) is 26.6 Å². The number of para-hydroxylation sites is 1. The topological polar surface area (TPSA) is 96.2 Å². The van der Waals surface area contributed by atoms with Crippen LogP contribution in [0.15, 0.2) is 53.7 Å². The normalized spacial score (nSPS) is 15.0. The molecule has 0 saturated carbocycles. The van der Waals surface area contributed by atoms with E-state index in [2.05, 4.69) is 15.6 Å². The Kier molecular flexibility index (Phi) is 5.98. The lowest BCUT2D eigenvalue weighted by atomic mass is 10.0. The number of aromatic nitrogens is 2. The predicted molar refractivity (Wildman–Crippen MR) is 119 cm³/mol. The number of nitrogens with one attached hydrogen (secondary N) is 1. The Labute approximate surface area is 185 Å². The highest BCUT2D eigenvalue weighted by Gasteiger charge is 2.31. The van der Waals surface area contributed by atoms with Crippen molar-refractivity contribution in [1.82, 2.24) is 9.78 Å². The maximum Gasteiger partial charge on any atom is 0.269 e. The first kappa shape index (κ1) is 21.2. The number of hydrogen-bond acceptors (Lipinski definition) is 7. The van der Waals surface area contributed by atoms with Crippen LogP contribution in [0.4, 0.5) is 5.82 Å². The molecule has 0 radical (unpaired) electrons. The summed E-state index contributed by atoms with van der Waals surface area (Å²) >= 11 is 0. The fourth-order valence-electron chi connectivity index (χ4n) is 3.50. The van der Waals surface area contributed by atoms with Gasteiger partial charge in [0.05, 0.1) is 38.4 Å². The Morgan fingerprint density at radius 3 is 2.38 bits per heavy atom. The average molecular weight is 436 g/mol. The highest BCUT2D eigenvalue weighted by molar-refractivity contribution is 6.06. The molecule has 1 aliphatic heterocycles. The van der Waals surface area contributed by atoms with Gasteiger partial charge in [-0.05, 0) is 31.2 Å². The highest BCUT2D eigenvalue weighted by atomic mass is 16.6. The van der Waals surface area contributed by atoms with Crippen LogP contribution in [-0.4, -0.2) is 48.8 Å². The minimum absolute atomic E-state index is 0.295. The van der Waals surface area contributed by atoms with E-state index in [-0.39, 0.29) is 5.91 Å². The summed E-state index contributed by atoms with van der Waals surface area (Å²) in [5.74, 6) is 1.73. The van der Waals surface area contributed by atoms with E-state index >= 15 is 0 Å². The fraction of sp³-hybridized carbons (Fsp3) is 0.261. The number of rotatable bonds is 7. The van der Waals surface area contributed by atoms with Crippen LogP contribution in [0.25, 0.3) is 5.69 Å². The molecule has 9 nitrogen and oxygen atoms in total. The summed E-state index contributed by atoms with van der Waals surface area (Å²) in [6.45, 7) is 1.87. The second-order valence-corrected chi connectivity index (χ2v) is 7.16. The molecule has 3 aromatic rings. The van der Waals surface area contributed by atoms with Gasteiger partial charge in [-0.3, -0.25) is 4.79 Å². The molecule has 1 amide bonds. The molecule has 1 aliphatic rings. The van der Waals surface area contributed by atoms with Gasteiger partial charge in [0.15, 0.2) is 11.5 Å². The van der Waals surface area contributed by atoms with Gasteiger partial charge in [-0.1, -0.05) is 23.4 Å². The van der Waals surface area contributed by atoms with Gasteiger partial charge in [0.2, 0.25) is 11.9 Å². The van der Waals surface area contributed by atoms with Gasteiger partial charge < -0.3 is 24.4 Å². The van der Waals surface area contributed by atoms with E-state index in [4.69, 9.17) is 19.0 Å². The first-order valence-electron chi connectivity index (χ1n) is 10.00. The number of amides is 1. The minimum Gasteiger partial charge on any atom is -0.493 e. The predicted octanol–water partition coefficient (Wildman–Crippen LogP) is 3.34. The number of ether oxygens (including phenoxy) is 3. The molecule has 0 spiro atoms. The van der Waals surface area contributed by atoms with Crippen molar-refractivity contribution in [1.29, 1.82) is 0 Å². The monoisotopic (exact) mass is 436 g/mol. The summed E-state index contributed by atoms with van der Waals surface area (Å²) in [7, 11) is 4.63. The van der Waals surface area contributed by atoms with Gasteiger partial charge in [-0.15, -0.1) is 0 Å². The lowest BCUT2D eigenvalue weighted by Crippen LogP contribution is -2.29. The third-order valence-corrected chi connectivity index (χ3v) is 5.04. The van der Waals surface area contributed by atoms with Crippen LogP contribution in [0.2, 0.25) is 0 Å². The Hall–Kier alpha value is -4.01. The molecular weight excluding hydrogens is 412 g/mol. The van der Waals surface area contributed by atoms with Crippen LogP contribution in [-0.2, 0) is 9.63 Å². The molecular formula is C23H24N4O5. The standard InChI is InChI=1S/C23H24N4O5/c1-14-10-21(27(25-14)16-8-6-5-7-9-16)24-23(28)20-13-17(26-32-20)15-11-18(29-2)22(31-4)19(12-15)30-3/h5-12,20H,13H2,1-4H3,(H,24,28). The van der Waals surface area contributed by atoms with E-state index in [1.165, 1.54) is 0 Å². The summed E-state index contributed by atoms with van der Waals surface area (Å²) < 4.78 is 17.8. The molecule has 1 N–H and O–H groups in total. The Bertz CT molecular complexity index is 1130. The Morgan fingerprint density at radius 1 is 1.06 bits per heavy atom. The molecule has 2 aromatic carbocycles. The van der Waals surface area contributed by atoms with E-state index < -0.39 is 6.10 Å². The smallest absolute Gasteiger partial charge is 0.269 e. The molecule has 9 heteroatoms. The Morgan fingerprint density at radius 2 is 1.75 bits per heavy atom. The van der Waals surface area contributed by atoms with E-state index in [0.29, 0.717) is 35.2 Å². The van der Waals surface area contributed by atoms with Crippen molar-refractivity contribution < 1.29 is 23.8 Å². The summed E-state index contributed by atoms with van der Waals surface area (Å²) in [6.07, 6.45) is -0.480. The van der Waals surface area contributed by atoms with Crippen molar-refractivity contribution in [2.45, 2.75) is 19.4 Å². The summed E-state index contributed by atoms with van der Waals surface area (Å²) in [4.78, 5) is 18.4. The number of nitrogens with zero attached hydrogens (tertiary/aromatic N) is 3. The first-order chi connectivity index (χ1) is 15.5. The zero-order valence-electron chi connectivity index (χ0n) is 18.3. The number of hydrogen-bond donors (Lipinski definition) is 1. The molecule has 1 atom stereocenters. The van der Waals surface area contributed by atoms with Gasteiger partial charge in [0.25, 0.3) is 5.91 Å². The maximum atomic E-state index is 12.9. The van der Waals surface area contributed by atoms with Crippen molar-refractivity contribution in [2.24, 2.45) is 5.16 Å². The Balaban J connectivity index is 1.51. The van der Waals surface area contributed by atoms with Crippen molar-refractivity contribution in [3.8, 4) is 22.9 Å². The number of benzene rings is 2. The SMILES string of the molecule is COc1cc(C2=NOC(C(=O)Nc3cc(C)nn3-c3ccccc3)C2)cc(OC)c1OC. The largest absolute Gasteiger partial charge is 0.493 e. The summed E-state index contributed by atoms with van der Waals surface area (Å²) in [5.41, 5.74) is 2.96. The summed E-state index contributed by atoms with van der Waals surface area (Å²) in [6, 6.07) is 14.9. The lowest BCUT2D eigenvalue weighted by molar-refractivity contribution is -0.125. The molecule has 166 valence electrons. The van der Waals surface area contributed by atoms with E-state index in [9.17, 15) is 4.79 Å². The lowest BCUT2D eigenvalue weighted by Gasteiger charge is -2.14. The number of carbonyl (C=O) groups is 1. The van der Waals surface area contributed by atoms with Crippen LogP contribution in [0, 0.1) is 6.92 Å². The van der Waals surface area contributed by atoms with Crippen molar-refractivity contribution in [3.63, 3.8) is 0 Å². The second kappa shape index (κ2) is 9.01. The molecule has 0 bridgehead atoms. The maximum absolute atomic E-state index is 12.9. The quantitative estimate of drug-likeness (QED) is 0.610. The van der Waals surface area contributed by atoms with Crippen LogP contribution in [0.1, 0.15) is 17.7 Å². The van der Waals surface area contributed by atoms with Crippen molar-refractivity contribution in [3.05, 3.63) is 59.8 Å². The van der Waals surface area contributed by atoms with E-state index in [1.807, 2.05) is 37.3 Å². The van der Waals surface area contributed by atoms with Crippen molar-refractivity contribution >= 4 is 17.4 Å². The molecule has 32 heavy (non-hydrogen) atoms. The van der Waals surface area contributed by atoms with Crippen LogP contribution < -0.4 is 19.5 Å². The first-order valence-corrected chi connectivity index (χ1v) is 10.00. The third-order valence-electron chi connectivity index (χ3n) is 5.04. The molecule has 0 aliphatic carbocycles. The van der Waals surface area contributed by atoms with Gasteiger partial charge in [-0.2, -0.15) is 5.10 Å².